The van der Waals surface area contributed by atoms with Crippen molar-refractivity contribution < 1.29 is 23.8 Å². The van der Waals surface area contributed by atoms with E-state index in [0.29, 0.717) is 17.4 Å². The molecule has 1 aromatic heterocycles. The zero-order chi connectivity index (χ0) is 18.5. The van der Waals surface area contributed by atoms with Gasteiger partial charge in [-0.2, -0.15) is 0 Å². The Balaban J connectivity index is 1.68. The first kappa shape index (κ1) is 17.9. The van der Waals surface area contributed by atoms with Gasteiger partial charge in [0.05, 0.1) is 6.61 Å². The van der Waals surface area contributed by atoms with Gasteiger partial charge in [-0.3, -0.25) is 0 Å². The normalized spacial score (nSPS) is 10.5. The van der Waals surface area contributed by atoms with E-state index in [1.165, 1.54) is 12.1 Å². The highest BCUT2D eigenvalue weighted by Crippen LogP contribution is 2.33. The largest absolute Gasteiger partial charge is 0.492 e. The number of thiazole rings is 1. The number of aromatic nitrogens is 1. The van der Waals surface area contributed by atoms with Crippen molar-refractivity contribution in [3.05, 3.63) is 64.8 Å². The standard InChI is InChI=1S/C19H16FNO4S/c1-2-24-19(23)16-17(22)21-18(26-16)13-5-9-15(10-6-13)25-11-12-3-7-14(20)8-4-12/h3-10,22H,2,11H2,1H3. The van der Waals surface area contributed by atoms with Gasteiger partial charge < -0.3 is 14.6 Å². The SMILES string of the molecule is CCOC(=O)c1sc(-c2ccc(OCc3ccc(F)cc3)cc2)nc1O. The fourth-order valence-electron chi connectivity index (χ4n) is 2.21. The van der Waals surface area contributed by atoms with Gasteiger partial charge in [-0.05, 0) is 48.9 Å². The average molecular weight is 373 g/mol. The molecule has 0 spiro atoms. The zero-order valence-electron chi connectivity index (χ0n) is 13.9. The van der Waals surface area contributed by atoms with E-state index in [1.54, 1.807) is 43.3 Å². The van der Waals surface area contributed by atoms with Crippen LogP contribution in [0.1, 0.15) is 22.2 Å². The lowest BCUT2D eigenvalue weighted by molar-refractivity contribution is 0.0528. The molecule has 3 rings (SSSR count). The van der Waals surface area contributed by atoms with E-state index in [1.807, 2.05) is 0 Å². The highest BCUT2D eigenvalue weighted by Gasteiger charge is 2.19. The highest BCUT2D eigenvalue weighted by molar-refractivity contribution is 7.17. The highest BCUT2D eigenvalue weighted by atomic mass is 32.1. The predicted molar refractivity (Wildman–Crippen MR) is 95.9 cm³/mol. The molecule has 7 heteroatoms. The summed E-state index contributed by atoms with van der Waals surface area (Å²) in [4.78, 5) is 15.8. The molecule has 26 heavy (non-hydrogen) atoms. The lowest BCUT2D eigenvalue weighted by Crippen LogP contribution is -2.02. The van der Waals surface area contributed by atoms with E-state index >= 15 is 0 Å². The molecule has 3 aromatic rings. The molecule has 0 radical (unpaired) electrons. The van der Waals surface area contributed by atoms with Crippen molar-refractivity contribution in [1.29, 1.82) is 0 Å². The van der Waals surface area contributed by atoms with Gasteiger partial charge in [0, 0.05) is 5.56 Å². The second kappa shape index (κ2) is 7.97. The van der Waals surface area contributed by atoms with E-state index in [-0.39, 0.29) is 23.2 Å². The van der Waals surface area contributed by atoms with Gasteiger partial charge in [0.1, 0.15) is 23.2 Å². The van der Waals surface area contributed by atoms with Crippen molar-refractivity contribution in [2.75, 3.05) is 6.61 Å². The molecule has 1 heterocycles. The molecule has 2 aromatic carbocycles. The van der Waals surface area contributed by atoms with Crippen LogP contribution in [-0.4, -0.2) is 22.7 Å². The van der Waals surface area contributed by atoms with Crippen LogP contribution >= 0.6 is 11.3 Å². The Morgan fingerprint density at radius 2 is 1.85 bits per heavy atom. The molecule has 134 valence electrons. The van der Waals surface area contributed by atoms with Crippen molar-refractivity contribution in [3.8, 4) is 22.2 Å². The molecule has 0 saturated heterocycles. The maximum absolute atomic E-state index is 12.9. The lowest BCUT2D eigenvalue weighted by atomic mass is 10.2. The summed E-state index contributed by atoms with van der Waals surface area (Å²) < 4.78 is 23.4. The summed E-state index contributed by atoms with van der Waals surface area (Å²) in [5.74, 6) is -0.565. The summed E-state index contributed by atoms with van der Waals surface area (Å²) in [6.45, 7) is 2.25. The Kier molecular flexibility index (Phi) is 5.48. The lowest BCUT2D eigenvalue weighted by Gasteiger charge is -2.06. The van der Waals surface area contributed by atoms with Crippen LogP contribution in [0.4, 0.5) is 4.39 Å². The van der Waals surface area contributed by atoms with Crippen molar-refractivity contribution >= 4 is 17.3 Å². The summed E-state index contributed by atoms with van der Waals surface area (Å²) in [5, 5.41) is 10.3. The number of benzene rings is 2. The average Bonchev–Trinajstić information content (AvgIpc) is 3.04. The first-order valence-electron chi connectivity index (χ1n) is 7.91. The fraction of sp³-hybridized carbons (Fsp3) is 0.158. The molecule has 1 N–H and O–H groups in total. The van der Waals surface area contributed by atoms with Gasteiger partial charge in [0.2, 0.25) is 5.88 Å². The minimum Gasteiger partial charge on any atom is -0.492 e. The summed E-state index contributed by atoms with van der Waals surface area (Å²) in [5.41, 5.74) is 1.61. The van der Waals surface area contributed by atoms with E-state index < -0.39 is 5.97 Å². The van der Waals surface area contributed by atoms with Gasteiger partial charge in [-0.1, -0.05) is 12.1 Å². The topological polar surface area (TPSA) is 68.7 Å². The summed E-state index contributed by atoms with van der Waals surface area (Å²) >= 11 is 1.07. The Morgan fingerprint density at radius 3 is 2.50 bits per heavy atom. The number of aromatic hydroxyl groups is 1. The maximum Gasteiger partial charge on any atom is 0.353 e. The van der Waals surface area contributed by atoms with E-state index in [9.17, 15) is 14.3 Å². The number of ether oxygens (including phenoxy) is 2. The van der Waals surface area contributed by atoms with Gasteiger partial charge in [0.25, 0.3) is 0 Å². The van der Waals surface area contributed by atoms with Crippen LogP contribution in [0.25, 0.3) is 10.6 Å². The molecular weight excluding hydrogens is 357 g/mol. The molecule has 0 saturated carbocycles. The Morgan fingerprint density at radius 1 is 1.15 bits per heavy atom. The predicted octanol–water partition coefficient (Wildman–Crippen LogP) is 4.41. The summed E-state index contributed by atoms with van der Waals surface area (Å²) in [6.07, 6.45) is 0. The monoisotopic (exact) mass is 373 g/mol. The molecular formula is C19H16FNO4S. The third kappa shape index (κ3) is 4.18. The second-order valence-corrected chi connectivity index (χ2v) is 6.33. The van der Waals surface area contributed by atoms with Crippen molar-refractivity contribution in [2.24, 2.45) is 0 Å². The number of halogens is 1. The van der Waals surface area contributed by atoms with Gasteiger partial charge in [-0.15, -0.1) is 11.3 Å². The van der Waals surface area contributed by atoms with E-state index in [0.717, 1.165) is 22.5 Å². The molecule has 0 atom stereocenters. The number of rotatable bonds is 6. The van der Waals surface area contributed by atoms with Crippen LogP contribution in [0.5, 0.6) is 11.6 Å². The third-order valence-electron chi connectivity index (χ3n) is 3.49. The van der Waals surface area contributed by atoms with Crippen molar-refractivity contribution in [1.82, 2.24) is 4.98 Å². The van der Waals surface area contributed by atoms with Crippen LogP contribution in [0.15, 0.2) is 48.5 Å². The smallest absolute Gasteiger partial charge is 0.353 e. The van der Waals surface area contributed by atoms with Crippen LogP contribution in [0.2, 0.25) is 0 Å². The van der Waals surface area contributed by atoms with Crippen LogP contribution in [0.3, 0.4) is 0 Å². The molecule has 0 unspecified atom stereocenters. The van der Waals surface area contributed by atoms with Gasteiger partial charge in [-0.25, -0.2) is 14.2 Å². The van der Waals surface area contributed by atoms with Crippen LogP contribution in [0, 0.1) is 5.82 Å². The Bertz CT molecular complexity index is 891. The van der Waals surface area contributed by atoms with Crippen LogP contribution in [-0.2, 0) is 11.3 Å². The quantitative estimate of drug-likeness (QED) is 0.648. The van der Waals surface area contributed by atoms with Crippen molar-refractivity contribution in [2.45, 2.75) is 13.5 Å². The Hall–Kier alpha value is -2.93. The molecule has 0 amide bonds. The first-order valence-corrected chi connectivity index (χ1v) is 8.73. The van der Waals surface area contributed by atoms with Gasteiger partial charge in [0.15, 0.2) is 4.88 Å². The number of esters is 1. The van der Waals surface area contributed by atoms with Crippen molar-refractivity contribution in [3.63, 3.8) is 0 Å². The van der Waals surface area contributed by atoms with E-state index in [2.05, 4.69) is 4.98 Å². The molecule has 0 bridgehead atoms. The molecule has 0 aliphatic rings. The molecule has 5 nitrogen and oxygen atoms in total. The maximum atomic E-state index is 12.9. The summed E-state index contributed by atoms with van der Waals surface area (Å²) in [7, 11) is 0. The van der Waals surface area contributed by atoms with E-state index in [4.69, 9.17) is 9.47 Å². The second-order valence-electron chi connectivity index (χ2n) is 5.33. The number of carbonyl (C=O) groups is 1. The van der Waals surface area contributed by atoms with Gasteiger partial charge >= 0.3 is 5.97 Å². The number of carbonyl (C=O) groups excluding carboxylic acids is 1. The minimum absolute atomic E-state index is 0.0819. The number of nitrogens with zero attached hydrogens (tertiary/aromatic N) is 1. The first-order chi connectivity index (χ1) is 12.6. The zero-order valence-corrected chi connectivity index (χ0v) is 14.8. The summed E-state index contributed by atoms with van der Waals surface area (Å²) in [6, 6.07) is 13.2. The van der Waals surface area contributed by atoms with Crippen LogP contribution < -0.4 is 4.74 Å². The molecule has 0 aliphatic heterocycles. The molecule has 0 aliphatic carbocycles. The Labute approximate surface area is 153 Å². The molecule has 0 fully saturated rings. The number of hydrogen-bond donors (Lipinski definition) is 1. The minimum atomic E-state index is -0.590. The number of hydrogen-bond acceptors (Lipinski definition) is 6. The third-order valence-corrected chi connectivity index (χ3v) is 4.56. The fourth-order valence-corrected chi connectivity index (χ4v) is 3.06.